The molecule has 3 N–H and O–H groups in total. The quantitative estimate of drug-likeness (QED) is 0.608. The molecule has 1 saturated carbocycles. The zero-order chi connectivity index (χ0) is 8.97. The van der Waals surface area contributed by atoms with E-state index in [1.54, 1.807) is 7.11 Å². The van der Waals surface area contributed by atoms with Crippen LogP contribution in [-0.4, -0.2) is 31.7 Å². The van der Waals surface area contributed by atoms with Crippen molar-refractivity contribution in [1.29, 1.82) is 0 Å². The fourth-order valence-corrected chi connectivity index (χ4v) is 1.31. The molecule has 1 rings (SSSR count). The second kappa shape index (κ2) is 4.42. The van der Waals surface area contributed by atoms with Gasteiger partial charge in [0, 0.05) is 26.1 Å². The lowest BCUT2D eigenvalue weighted by Crippen LogP contribution is -2.47. The van der Waals surface area contributed by atoms with Crippen LogP contribution in [0.3, 0.4) is 0 Å². The van der Waals surface area contributed by atoms with Crippen LogP contribution in [-0.2, 0) is 9.53 Å². The molecule has 1 aliphatic carbocycles. The molecule has 0 atom stereocenters. The molecule has 0 saturated heterocycles. The van der Waals surface area contributed by atoms with Crippen molar-refractivity contribution in [3.63, 3.8) is 0 Å². The molecule has 0 aromatic rings. The first-order chi connectivity index (χ1) is 5.76. The van der Waals surface area contributed by atoms with E-state index in [1.807, 2.05) is 0 Å². The standard InChI is InChI=1S/C8H16N2O2/c1-12-7-4-6(5-7)10-8(11)2-3-9/h6-7H,2-5,9H2,1H3,(H,10,11). The van der Waals surface area contributed by atoms with Crippen LogP contribution in [0.2, 0.25) is 0 Å². The molecule has 0 aromatic heterocycles. The van der Waals surface area contributed by atoms with E-state index in [2.05, 4.69) is 5.32 Å². The van der Waals surface area contributed by atoms with E-state index in [-0.39, 0.29) is 5.91 Å². The highest BCUT2D eigenvalue weighted by Gasteiger charge is 2.29. The molecular weight excluding hydrogens is 156 g/mol. The molecule has 12 heavy (non-hydrogen) atoms. The van der Waals surface area contributed by atoms with Gasteiger partial charge in [-0.25, -0.2) is 0 Å². The molecule has 4 nitrogen and oxygen atoms in total. The van der Waals surface area contributed by atoms with E-state index in [0.29, 0.717) is 25.1 Å². The zero-order valence-electron chi connectivity index (χ0n) is 7.38. The third-order valence-corrected chi connectivity index (χ3v) is 2.16. The SMILES string of the molecule is COC1CC(NC(=O)CCN)C1. The number of nitrogens with one attached hydrogen (secondary N) is 1. The van der Waals surface area contributed by atoms with Gasteiger partial charge in [-0.05, 0) is 12.8 Å². The van der Waals surface area contributed by atoms with Crippen LogP contribution < -0.4 is 11.1 Å². The van der Waals surface area contributed by atoms with Crippen molar-refractivity contribution >= 4 is 5.91 Å². The lowest BCUT2D eigenvalue weighted by atomic mass is 9.89. The molecule has 0 unspecified atom stereocenters. The third-order valence-electron chi connectivity index (χ3n) is 2.16. The first kappa shape index (κ1) is 9.48. The Balaban J connectivity index is 2.06. The minimum Gasteiger partial charge on any atom is -0.381 e. The highest BCUT2D eigenvalue weighted by Crippen LogP contribution is 2.22. The van der Waals surface area contributed by atoms with Crippen LogP contribution in [0.4, 0.5) is 0 Å². The fraction of sp³-hybridized carbons (Fsp3) is 0.875. The number of ether oxygens (including phenoxy) is 1. The molecule has 1 aliphatic rings. The first-order valence-corrected chi connectivity index (χ1v) is 4.28. The van der Waals surface area contributed by atoms with Crippen molar-refractivity contribution in [2.75, 3.05) is 13.7 Å². The molecule has 0 bridgehead atoms. The second-order valence-corrected chi connectivity index (χ2v) is 3.13. The molecule has 1 amide bonds. The number of amides is 1. The fourth-order valence-electron chi connectivity index (χ4n) is 1.31. The van der Waals surface area contributed by atoms with E-state index < -0.39 is 0 Å². The van der Waals surface area contributed by atoms with Crippen molar-refractivity contribution in [3.8, 4) is 0 Å². The Morgan fingerprint density at radius 1 is 1.67 bits per heavy atom. The highest BCUT2D eigenvalue weighted by atomic mass is 16.5. The lowest BCUT2D eigenvalue weighted by molar-refractivity contribution is -0.123. The third kappa shape index (κ3) is 2.46. The summed E-state index contributed by atoms with van der Waals surface area (Å²) >= 11 is 0. The Hall–Kier alpha value is -0.610. The number of carbonyl (C=O) groups excluding carboxylic acids is 1. The van der Waals surface area contributed by atoms with Gasteiger partial charge < -0.3 is 15.8 Å². The normalized spacial score (nSPS) is 27.8. The van der Waals surface area contributed by atoms with Gasteiger partial charge in [0.05, 0.1) is 6.10 Å². The van der Waals surface area contributed by atoms with Crippen molar-refractivity contribution < 1.29 is 9.53 Å². The predicted molar refractivity (Wildman–Crippen MR) is 45.6 cm³/mol. The van der Waals surface area contributed by atoms with E-state index in [4.69, 9.17) is 10.5 Å². The Morgan fingerprint density at radius 2 is 2.33 bits per heavy atom. The number of hydrogen-bond donors (Lipinski definition) is 2. The van der Waals surface area contributed by atoms with Crippen LogP contribution in [0.1, 0.15) is 19.3 Å². The summed E-state index contributed by atoms with van der Waals surface area (Å²) < 4.78 is 5.08. The van der Waals surface area contributed by atoms with Gasteiger partial charge in [0.25, 0.3) is 0 Å². The molecule has 0 heterocycles. The Labute approximate surface area is 72.5 Å². The summed E-state index contributed by atoms with van der Waals surface area (Å²) in [4.78, 5) is 11.0. The summed E-state index contributed by atoms with van der Waals surface area (Å²) in [6, 6.07) is 0.314. The zero-order valence-corrected chi connectivity index (χ0v) is 7.38. The van der Waals surface area contributed by atoms with Crippen molar-refractivity contribution in [3.05, 3.63) is 0 Å². The monoisotopic (exact) mass is 172 g/mol. The van der Waals surface area contributed by atoms with E-state index >= 15 is 0 Å². The molecule has 0 radical (unpaired) electrons. The van der Waals surface area contributed by atoms with Gasteiger partial charge in [0.1, 0.15) is 0 Å². The molecule has 1 fully saturated rings. The van der Waals surface area contributed by atoms with Crippen LogP contribution >= 0.6 is 0 Å². The lowest BCUT2D eigenvalue weighted by Gasteiger charge is -2.34. The Kier molecular flexibility index (Phi) is 3.49. The summed E-state index contributed by atoms with van der Waals surface area (Å²) in [5.41, 5.74) is 5.23. The topological polar surface area (TPSA) is 64.3 Å². The van der Waals surface area contributed by atoms with Crippen LogP contribution in [0.25, 0.3) is 0 Å². The van der Waals surface area contributed by atoms with Crippen LogP contribution in [0, 0.1) is 0 Å². The molecular formula is C8H16N2O2. The average molecular weight is 172 g/mol. The average Bonchev–Trinajstić information content (AvgIpc) is 1.96. The Bertz CT molecular complexity index is 155. The second-order valence-electron chi connectivity index (χ2n) is 3.13. The summed E-state index contributed by atoms with van der Waals surface area (Å²) in [6.07, 6.45) is 2.64. The van der Waals surface area contributed by atoms with Crippen molar-refractivity contribution in [2.24, 2.45) is 5.73 Å². The van der Waals surface area contributed by atoms with Gasteiger partial charge in [0.15, 0.2) is 0 Å². The molecule has 0 aromatic carbocycles. The smallest absolute Gasteiger partial charge is 0.221 e. The number of nitrogens with two attached hydrogens (primary N) is 1. The largest absolute Gasteiger partial charge is 0.381 e. The summed E-state index contributed by atoms with van der Waals surface area (Å²) in [5, 5.41) is 2.88. The van der Waals surface area contributed by atoms with Crippen LogP contribution in [0.15, 0.2) is 0 Å². The molecule has 0 aliphatic heterocycles. The van der Waals surface area contributed by atoms with Crippen LogP contribution in [0.5, 0.6) is 0 Å². The Morgan fingerprint density at radius 3 is 2.83 bits per heavy atom. The maximum atomic E-state index is 11.0. The number of carbonyl (C=O) groups is 1. The van der Waals surface area contributed by atoms with E-state index in [1.165, 1.54) is 0 Å². The molecule has 0 spiro atoms. The molecule has 70 valence electrons. The van der Waals surface area contributed by atoms with Crippen molar-refractivity contribution in [1.82, 2.24) is 5.32 Å². The minimum absolute atomic E-state index is 0.0528. The van der Waals surface area contributed by atoms with E-state index in [9.17, 15) is 4.79 Å². The van der Waals surface area contributed by atoms with Gasteiger partial charge in [-0.1, -0.05) is 0 Å². The van der Waals surface area contributed by atoms with Gasteiger partial charge in [-0.15, -0.1) is 0 Å². The maximum absolute atomic E-state index is 11.0. The van der Waals surface area contributed by atoms with Crippen molar-refractivity contribution in [2.45, 2.75) is 31.4 Å². The minimum atomic E-state index is 0.0528. The number of rotatable bonds is 4. The number of methoxy groups -OCH3 is 1. The first-order valence-electron chi connectivity index (χ1n) is 4.28. The van der Waals surface area contributed by atoms with E-state index in [0.717, 1.165) is 12.8 Å². The number of hydrogen-bond acceptors (Lipinski definition) is 3. The highest BCUT2D eigenvalue weighted by molar-refractivity contribution is 5.76. The summed E-state index contributed by atoms with van der Waals surface area (Å²) in [6.45, 7) is 0.423. The molecule has 4 heteroatoms. The van der Waals surface area contributed by atoms with Gasteiger partial charge >= 0.3 is 0 Å². The predicted octanol–water partition coefficient (Wildman–Crippen LogP) is -0.371. The van der Waals surface area contributed by atoms with Gasteiger partial charge in [0.2, 0.25) is 5.91 Å². The maximum Gasteiger partial charge on any atom is 0.221 e. The summed E-state index contributed by atoms with van der Waals surface area (Å²) in [5.74, 6) is 0.0528. The van der Waals surface area contributed by atoms with Gasteiger partial charge in [-0.3, -0.25) is 4.79 Å². The summed E-state index contributed by atoms with van der Waals surface area (Å²) in [7, 11) is 1.70. The van der Waals surface area contributed by atoms with Gasteiger partial charge in [-0.2, -0.15) is 0 Å².